The molecule has 0 saturated carbocycles. The summed E-state index contributed by atoms with van der Waals surface area (Å²) in [6, 6.07) is 6.23. The maximum atomic E-state index is 10.6. The molecule has 0 aliphatic carbocycles. The van der Waals surface area contributed by atoms with Crippen molar-refractivity contribution in [1.82, 2.24) is 19.9 Å². The number of aryl methyl sites for hydroxylation is 1. The standard InChI is InChI=1S/C17H23N5.C2HF3O2/c1-13-5-4-6-14(20-13)11-22-9-7-15-16(8-10-22)18-12-19-17(15)21(2)3;3-2(4,5)1(6)7/h4-6,12H,7-11H2,1-3H3;(H,6,7). The van der Waals surface area contributed by atoms with Crippen LogP contribution in [0.3, 0.4) is 0 Å². The highest BCUT2D eigenvalue weighted by Gasteiger charge is 2.38. The Balaban J connectivity index is 0.000000370. The number of nitrogens with zero attached hydrogens (tertiary/aromatic N) is 5. The molecule has 7 nitrogen and oxygen atoms in total. The quantitative estimate of drug-likeness (QED) is 0.831. The van der Waals surface area contributed by atoms with Gasteiger partial charge in [0.15, 0.2) is 0 Å². The summed E-state index contributed by atoms with van der Waals surface area (Å²) in [4.78, 5) is 27.0. The van der Waals surface area contributed by atoms with Crippen molar-refractivity contribution in [2.45, 2.75) is 32.5 Å². The van der Waals surface area contributed by atoms with Crippen LogP contribution >= 0.6 is 0 Å². The van der Waals surface area contributed by atoms with Crippen LogP contribution in [0.25, 0.3) is 0 Å². The molecule has 2 aromatic rings. The smallest absolute Gasteiger partial charge is 0.475 e. The summed E-state index contributed by atoms with van der Waals surface area (Å²) < 4.78 is 31.7. The number of anilines is 1. The first-order valence-electron chi connectivity index (χ1n) is 9.03. The molecule has 0 saturated heterocycles. The first kappa shape index (κ1) is 22.5. The fourth-order valence-corrected chi connectivity index (χ4v) is 3.02. The zero-order valence-electron chi connectivity index (χ0n) is 16.6. The molecule has 1 N–H and O–H groups in total. The van der Waals surface area contributed by atoms with E-state index in [4.69, 9.17) is 9.90 Å². The average molecular weight is 411 g/mol. The van der Waals surface area contributed by atoms with Crippen molar-refractivity contribution in [2.75, 3.05) is 32.1 Å². The van der Waals surface area contributed by atoms with Crippen LogP contribution < -0.4 is 4.90 Å². The minimum Gasteiger partial charge on any atom is -0.475 e. The van der Waals surface area contributed by atoms with Gasteiger partial charge in [0.1, 0.15) is 12.1 Å². The molecule has 0 atom stereocenters. The Bertz CT molecular complexity index is 843. The van der Waals surface area contributed by atoms with Crippen molar-refractivity contribution in [2.24, 2.45) is 0 Å². The van der Waals surface area contributed by atoms with Crippen LogP contribution in [0.5, 0.6) is 0 Å². The van der Waals surface area contributed by atoms with E-state index >= 15 is 0 Å². The van der Waals surface area contributed by atoms with Gasteiger partial charge >= 0.3 is 12.1 Å². The lowest BCUT2D eigenvalue weighted by Gasteiger charge is -2.19. The van der Waals surface area contributed by atoms with E-state index in [2.05, 4.69) is 36.9 Å². The molecule has 1 aliphatic heterocycles. The number of carboxylic acids is 1. The van der Waals surface area contributed by atoms with E-state index in [1.54, 1.807) is 6.33 Å². The molecule has 3 heterocycles. The van der Waals surface area contributed by atoms with E-state index in [0.717, 1.165) is 49.7 Å². The van der Waals surface area contributed by atoms with E-state index in [9.17, 15) is 13.2 Å². The maximum absolute atomic E-state index is 10.6. The van der Waals surface area contributed by atoms with Crippen molar-refractivity contribution in [3.05, 3.63) is 47.2 Å². The summed E-state index contributed by atoms with van der Waals surface area (Å²) in [5.41, 5.74) is 4.71. The van der Waals surface area contributed by atoms with Gasteiger partial charge < -0.3 is 10.0 Å². The lowest BCUT2D eigenvalue weighted by molar-refractivity contribution is -0.192. The molecule has 0 spiro atoms. The van der Waals surface area contributed by atoms with Gasteiger partial charge in [0.25, 0.3) is 0 Å². The highest BCUT2D eigenvalue weighted by atomic mass is 19.4. The van der Waals surface area contributed by atoms with Gasteiger partial charge in [-0.2, -0.15) is 13.2 Å². The summed E-state index contributed by atoms with van der Waals surface area (Å²) in [6.07, 6.45) is -1.42. The van der Waals surface area contributed by atoms with Crippen LogP contribution in [0.2, 0.25) is 0 Å². The van der Waals surface area contributed by atoms with Gasteiger partial charge in [-0.05, 0) is 25.5 Å². The minimum absolute atomic E-state index is 0.903. The number of rotatable bonds is 3. The summed E-state index contributed by atoms with van der Waals surface area (Å²) >= 11 is 0. The molecule has 0 radical (unpaired) electrons. The van der Waals surface area contributed by atoms with Gasteiger partial charge in [0.05, 0.1) is 11.4 Å². The zero-order chi connectivity index (χ0) is 21.6. The van der Waals surface area contributed by atoms with Crippen LogP contribution in [0, 0.1) is 6.92 Å². The van der Waals surface area contributed by atoms with Crippen molar-refractivity contribution >= 4 is 11.8 Å². The van der Waals surface area contributed by atoms with E-state index in [0.29, 0.717) is 0 Å². The molecular formula is C19H24F3N5O2. The molecule has 3 rings (SSSR count). The third kappa shape index (κ3) is 6.67. The number of halogens is 3. The van der Waals surface area contributed by atoms with Crippen molar-refractivity contribution < 1.29 is 23.1 Å². The normalized spacial score (nSPS) is 14.3. The Hall–Kier alpha value is -2.75. The zero-order valence-corrected chi connectivity index (χ0v) is 16.6. The lowest BCUT2D eigenvalue weighted by Crippen LogP contribution is -2.26. The number of pyridine rings is 1. The molecule has 0 bridgehead atoms. The summed E-state index contributed by atoms with van der Waals surface area (Å²) in [6.45, 7) is 4.99. The van der Waals surface area contributed by atoms with Crippen LogP contribution in [0.1, 0.15) is 22.6 Å². The van der Waals surface area contributed by atoms with E-state index in [-0.39, 0.29) is 0 Å². The summed E-state index contributed by atoms with van der Waals surface area (Å²) in [7, 11) is 4.09. The van der Waals surface area contributed by atoms with Crippen LogP contribution in [-0.4, -0.2) is 64.3 Å². The molecular weight excluding hydrogens is 387 g/mol. The Morgan fingerprint density at radius 2 is 1.86 bits per heavy atom. The van der Waals surface area contributed by atoms with Crippen molar-refractivity contribution in [3.63, 3.8) is 0 Å². The number of hydrogen-bond donors (Lipinski definition) is 1. The van der Waals surface area contributed by atoms with Crippen LogP contribution in [0.4, 0.5) is 19.0 Å². The van der Waals surface area contributed by atoms with Gasteiger partial charge in [-0.25, -0.2) is 14.8 Å². The van der Waals surface area contributed by atoms with Crippen LogP contribution in [0.15, 0.2) is 24.5 Å². The molecule has 0 amide bonds. The number of carbonyl (C=O) groups is 1. The summed E-state index contributed by atoms with van der Waals surface area (Å²) in [5.74, 6) is -1.70. The molecule has 158 valence electrons. The largest absolute Gasteiger partial charge is 0.490 e. The third-order valence-corrected chi connectivity index (χ3v) is 4.35. The SMILES string of the molecule is Cc1cccc(CN2CCc3ncnc(N(C)C)c3CC2)n1.O=C(O)C(F)(F)F. The number of alkyl halides is 3. The van der Waals surface area contributed by atoms with Gasteiger partial charge in [0, 0.05) is 51.4 Å². The number of hydrogen-bond acceptors (Lipinski definition) is 6. The molecule has 0 fully saturated rings. The van der Waals surface area contributed by atoms with Crippen molar-refractivity contribution in [1.29, 1.82) is 0 Å². The Morgan fingerprint density at radius 1 is 1.21 bits per heavy atom. The van der Waals surface area contributed by atoms with Crippen LogP contribution in [-0.2, 0) is 24.2 Å². The van der Waals surface area contributed by atoms with Gasteiger partial charge in [-0.1, -0.05) is 6.07 Å². The average Bonchev–Trinajstić information content (AvgIpc) is 2.84. The molecule has 0 unspecified atom stereocenters. The Labute approximate surface area is 167 Å². The van der Waals surface area contributed by atoms with E-state index in [1.807, 2.05) is 27.1 Å². The maximum Gasteiger partial charge on any atom is 0.490 e. The second-order valence-electron chi connectivity index (χ2n) is 6.87. The number of carboxylic acid groups (broad SMARTS) is 1. The molecule has 29 heavy (non-hydrogen) atoms. The Morgan fingerprint density at radius 3 is 2.45 bits per heavy atom. The fourth-order valence-electron chi connectivity index (χ4n) is 3.02. The van der Waals surface area contributed by atoms with Gasteiger partial charge in [-0.3, -0.25) is 9.88 Å². The topological polar surface area (TPSA) is 82.5 Å². The molecule has 0 aromatic carbocycles. The second-order valence-corrected chi connectivity index (χ2v) is 6.87. The monoisotopic (exact) mass is 411 g/mol. The minimum atomic E-state index is -5.08. The highest BCUT2D eigenvalue weighted by molar-refractivity contribution is 5.73. The number of aromatic nitrogens is 3. The summed E-state index contributed by atoms with van der Waals surface area (Å²) in [5, 5.41) is 7.12. The van der Waals surface area contributed by atoms with Gasteiger partial charge in [-0.15, -0.1) is 0 Å². The lowest BCUT2D eigenvalue weighted by atomic mass is 10.1. The molecule has 10 heteroatoms. The molecule has 2 aromatic heterocycles. The fraction of sp³-hybridized carbons (Fsp3) is 0.474. The predicted octanol–water partition coefficient (Wildman–Crippen LogP) is 2.48. The number of fused-ring (bicyclic) bond motifs is 1. The third-order valence-electron chi connectivity index (χ3n) is 4.35. The van der Waals surface area contributed by atoms with Crippen molar-refractivity contribution in [3.8, 4) is 0 Å². The Kier molecular flexibility index (Phi) is 7.49. The number of aliphatic carboxylic acids is 1. The first-order chi connectivity index (χ1) is 13.6. The highest BCUT2D eigenvalue weighted by Crippen LogP contribution is 2.22. The predicted molar refractivity (Wildman–Crippen MR) is 102 cm³/mol. The second kappa shape index (κ2) is 9.64. The van der Waals surface area contributed by atoms with E-state index < -0.39 is 12.1 Å². The first-order valence-corrected chi connectivity index (χ1v) is 9.03. The van der Waals surface area contributed by atoms with E-state index in [1.165, 1.54) is 11.3 Å². The molecule has 1 aliphatic rings. The van der Waals surface area contributed by atoms with Gasteiger partial charge in [0.2, 0.25) is 0 Å².